The molecule has 0 N–H and O–H groups in total. The number of hydrogen-bond acceptors (Lipinski definition) is 7. The van der Waals surface area contributed by atoms with E-state index >= 15 is 0 Å². The van der Waals surface area contributed by atoms with Crippen LogP contribution < -0.4 is 9.80 Å². The van der Waals surface area contributed by atoms with Gasteiger partial charge in [0, 0.05) is 26.8 Å². The van der Waals surface area contributed by atoms with E-state index in [2.05, 4.69) is 26.8 Å². The monoisotopic (exact) mass is 339 g/mol. The lowest BCUT2D eigenvalue weighted by atomic mass is 10.2. The molecule has 1 saturated heterocycles. The van der Waals surface area contributed by atoms with Gasteiger partial charge >= 0.3 is 0 Å². The summed E-state index contributed by atoms with van der Waals surface area (Å²) >= 11 is 0. The molecule has 1 fully saturated rings. The minimum Gasteiger partial charge on any atom is -0.423 e. The lowest BCUT2D eigenvalue weighted by molar-refractivity contribution is 0.0354. The molecule has 7 heteroatoms. The van der Waals surface area contributed by atoms with Crippen LogP contribution in [0.4, 0.5) is 12.0 Å². The van der Waals surface area contributed by atoms with Gasteiger partial charge in [0.1, 0.15) is 11.6 Å². The van der Waals surface area contributed by atoms with E-state index < -0.39 is 0 Å². The number of oxazole rings is 1. The highest BCUT2D eigenvalue weighted by Crippen LogP contribution is 2.28. The summed E-state index contributed by atoms with van der Waals surface area (Å²) in [5.41, 5.74) is 3.73. The number of benzene rings is 1. The number of anilines is 2. The van der Waals surface area contributed by atoms with Gasteiger partial charge in [0.2, 0.25) is 5.95 Å². The van der Waals surface area contributed by atoms with Gasteiger partial charge in [-0.3, -0.25) is 0 Å². The van der Waals surface area contributed by atoms with Crippen molar-refractivity contribution in [3.63, 3.8) is 0 Å². The highest BCUT2D eigenvalue weighted by atomic mass is 16.5. The number of aromatic nitrogens is 3. The maximum absolute atomic E-state index is 5.93. The quantitative estimate of drug-likeness (QED) is 0.726. The summed E-state index contributed by atoms with van der Waals surface area (Å²) in [6.45, 7) is 4.04. The number of rotatable bonds is 3. The fourth-order valence-corrected chi connectivity index (χ4v) is 2.92. The Morgan fingerprint density at radius 3 is 2.92 bits per heavy atom. The number of hydrogen-bond donors (Lipinski definition) is 0. The minimum atomic E-state index is -0.132. The molecule has 1 aromatic carbocycles. The van der Waals surface area contributed by atoms with Crippen molar-refractivity contribution in [1.29, 1.82) is 0 Å². The van der Waals surface area contributed by atoms with Crippen LogP contribution in [-0.2, 0) is 4.74 Å². The number of morpholine rings is 1. The zero-order valence-corrected chi connectivity index (χ0v) is 14.6. The summed E-state index contributed by atoms with van der Waals surface area (Å²) in [5.74, 6) is 0.676. The van der Waals surface area contributed by atoms with Crippen molar-refractivity contribution in [1.82, 2.24) is 15.0 Å². The van der Waals surface area contributed by atoms with E-state index in [1.807, 2.05) is 43.3 Å². The molecule has 1 aliphatic rings. The maximum Gasteiger partial charge on any atom is 0.298 e. The van der Waals surface area contributed by atoms with Crippen LogP contribution in [0.2, 0.25) is 0 Å². The van der Waals surface area contributed by atoms with E-state index in [0.29, 0.717) is 25.1 Å². The van der Waals surface area contributed by atoms with Crippen molar-refractivity contribution in [3.05, 3.63) is 41.7 Å². The van der Waals surface area contributed by atoms with Crippen molar-refractivity contribution >= 4 is 23.1 Å². The largest absolute Gasteiger partial charge is 0.423 e. The number of fused-ring (bicyclic) bond motifs is 1. The Hall–Kier alpha value is -2.67. The van der Waals surface area contributed by atoms with Crippen LogP contribution in [0.15, 0.2) is 34.9 Å². The minimum absolute atomic E-state index is 0.132. The molecule has 4 rings (SSSR count). The Bertz CT molecular complexity index is 892. The molecular formula is C18H21N5O2. The van der Waals surface area contributed by atoms with Gasteiger partial charge in [-0.25, -0.2) is 9.97 Å². The highest BCUT2D eigenvalue weighted by Gasteiger charge is 2.26. The van der Waals surface area contributed by atoms with E-state index in [-0.39, 0.29) is 6.10 Å². The van der Waals surface area contributed by atoms with Crippen LogP contribution in [0.5, 0.6) is 0 Å². The van der Waals surface area contributed by atoms with E-state index in [1.54, 1.807) is 6.20 Å². The van der Waals surface area contributed by atoms with Crippen LogP contribution in [0.1, 0.15) is 17.4 Å². The molecular weight excluding hydrogens is 318 g/mol. The van der Waals surface area contributed by atoms with Crippen molar-refractivity contribution in [2.75, 3.05) is 43.6 Å². The SMILES string of the molecule is Cc1ccc2oc(N3CCOC(c4ccnc(N(C)C)n4)C3)nc2c1. The Labute approximate surface area is 146 Å². The third-order valence-electron chi connectivity index (χ3n) is 4.26. The Morgan fingerprint density at radius 2 is 2.08 bits per heavy atom. The van der Waals surface area contributed by atoms with Gasteiger partial charge in [0.25, 0.3) is 6.01 Å². The Balaban J connectivity index is 1.58. The second kappa shape index (κ2) is 6.33. The van der Waals surface area contributed by atoms with Gasteiger partial charge in [0.15, 0.2) is 5.58 Å². The van der Waals surface area contributed by atoms with E-state index in [9.17, 15) is 0 Å². The van der Waals surface area contributed by atoms with E-state index in [4.69, 9.17) is 9.15 Å². The fraction of sp³-hybridized carbons (Fsp3) is 0.389. The first kappa shape index (κ1) is 15.8. The zero-order chi connectivity index (χ0) is 17.4. The Morgan fingerprint density at radius 1 is 1.20 bits per heavy atom. The second-order valence-electron chi connectivity index (χ2n) is 6.45. The first-order valence-corrected chi connectivity index (χ1v) is 8.34. The summed E-state index contributed by atoms with van der Waals surface area (Å²) in [6, 6.07) is 8.57. The average Bonchev–Trinajstić information content (AvgIpc) is 3.05. The average molecular weight is 339 g/mol. The predicted molar refractivity (Wildman–Crippen MR) is 96.0 cm³/mol. The molecule has 0 aliphatic carbocycles. The van der Waals surface area contributed by atoms with Gasteiger partial charge in [-0.1, -0.05) is 6.07 Å². The maximum atomic E-state index is 5.93. The topological polar surface area (TPSA) is 67.5 Å². The first-order valence-electron chi connectivity index (χ1n) is 8.34. The molecule has 0 radical (unpaired) electrons. The molecule has 1 unspecified atom stereocenters. The van der Waals surface area contributed by atoms with Crippen LogP contribution in [-0.4, -0.2) is 48.7 Å². The molecule has 1 aliphatic heterocycles. The van der Waals surface area contributed by atoms with Gasteiger partial charge in [-0.2, -0.15) is 4.98 Å². The van der Waals surface area contributed by atoms with Crippen LogP contribution in [0.3, 0.4) is 0 Å². The normalized spacial score (nSPS) is 17.9. The predicted octanol–water partition coefficient (Wildman–Crippen LogP) is 2.57. The molecule has 0 spiro atoms. The van der Waals surface area contributed by atoms with Crippen LogP contribution >= 0.6 is 0 Å². The molecule has 3 heterocycles. The number of nitrogens with zero attached hydrogens (tertiary/aromatic N) is 5. The molecule has 25 heavy (non-hydrogen) atoms. The van der Waals surface area contributed by atoms with Gasteiger partial charge in [-0.15, -0.1) is 0 Å². The molecule has 1 atom stereocenters. The summed E-state index contributed by atoms with van der Waals surface area (Å²) < 4.78 is 11.9. The third-order valence-corrected chi connectivity index (χ3v) is 4.26. The molecule has 130 valence electrons. The summed E-state index contributed by atoms with van der Waals surface area (Å²) in [5, 5.41) is 0. The van der Waals surface area contributed by atoms with Gasteiger partial charge in [-0.05, 0) is 30.7 Å². The van der Waals surface area contributed by atoms with E-state index in [0.717, 1.165) is 23.3 Å². The van der Waals surface area contributed by atoms with Gasteiger partial charge in [0.05, 0.1) is 18.8 Å². The van der Waals surface area contributed by atoms with E-state index in [1.165, 1.54) is 5.56 Å². The summed E-state index contributed by atoms with van der Waals surface area (Å²) in [6.07, 6.45) is 1.63. The molecule has 3 aromatic rings. The fourth-order valence-electron chi connectivity index (χ4n) is 2.92. The smallest absolute Gasteiger partial charge is 0.298 e. The van der Waals surface area contributed by atoms with Crippen LogP contribution in [0.25, 0.3) is 11.1 Å². The molecule has 0 bridgehead atoms. The second-order valence-corrected chi connectivity index (χ2v) is 6.45. The summed E-state index contributed by atoms with van der Waals surface area (Å²) in [7, 11) is 3.85. The van der Waals surface area contributed by atoms with Crippen molar-refractivity contribution < 1.29 is 9.15 Å². The highest BCUT2D eigenvalue weighted by molar-refractivity contribution is 5.75. The lowest BCUT2D eigenvalue weighted by Crippen LogP contribution is -2.39. The lowest BCUT2D eigenvalue weighted by Gasteiger charge is -2.31. The molecule has 0 saturated carbocycles. The van der Waals surface area contributed by atoms with Gasteiger partial charge < -0.3 is 19.0 Å². The first-order chi connectivity index (χ1) is 12.1. The molecule has 0 amide bonds. The van der Waals surface area contributed by atoms with Crippen molar-refractivity contribution in [2.45, 2.75) is 13.0 Å². The summed E-state index contributed by atoms with van der Waals surface area (Å²) in [4.78, 5) is 17.5. The number of aryl methyl sites for hydroxylation is 1. The van der Waals surface area contributed by atoms with Crippen molar-refractivity contribution in [2.24, 2.45) is 0 Å². The standard InChI is InChI=1S/C18H21N5O2/c1-12-4-5-15-14(10-12)21-18(25-15)23-8-9-24-16(11-23)13-6-7-19-17(20-13)22(2)3/h4-7,10,16H,8-9,11H2,1-3H3. The molecule has 7 nitrogen and oxygen atoms in total. The Kier molecular flexibility index (Phi) is 4.01. The number of ether oxygens (including phenoxy) is 1. The third kappa shape index (κ3) is 3.15. The molecule has 2 aromatic heterocycles. The van der Waals surface area contributed by atoms with Crippen molar-refractivity contribution in [3.8, 4) is 0 Å². The van der Waals surface area contributed by atoms with Crippen LogP contribution in [0, 0.1) is 6.92 Å². The zero-order valence-electron chi connectivity index (χ0n) is 14.6.